The maximum atomic E-state index is 11.7. The number of primary amides is 2. The van der Waals surface area contributed by atoms with Crippen LogP contribution >= 0.6 is 0 Å². The molecule has 0 spiro atoms. The molecule has 0 atom stereocenters. The average Bonchev–Trinajstić information content (AvgIpc) is 2.43. The van der Waals surface area contributed by atoms with E-state index < -0.39 is 11.8 Å². The standard InChI is InChI=1S/C13H18N4O4/c1-21-3-2-16-7-11(18)17-10-5-8(12(14)19)4-9(6-10)13(15)20/h4-6,16H,2-3,7H2,1H3,(H2,14,19)(H2,15,20)(H,17,18). The molecule has 0 unspecified atom stereocenters. The normalized spacial score (nSPS) is 10.1. The van der Waals surface area contributed by atoms with E-state index in [4.69, 9.17) is 16.2 Å². The van der Waals surface area contributed by atoms with Crippen LogP contribution in [0.2, 0.25) is 0 Å². The molecular weight excluding hydrogens is 276 g/mol. The van der Waals surface area contributed by atoms with E-state index in [0.29, 0.717) is 13.2 Å². The van der Waals surface area contributed by atoms with Crippen molar-refractivity contribution in [3.63, 3.8) is 0 Å². The van der Waals surface area contributed by atoms with Gasteiger partial charge in [-0.05, 0) is 18.2 Å². The Morgan fingerprint density at radius 2 is 1.67 bits per heavy atom. The largest absolute Gasteiger partial charge is 0.383 e. The molecular formula is C13H18N4O4. The molecule has 1 rings (SSSR count). The number of rotatable bonds is 8. The highest BCUT2D eigenvalue weighted by Crippen LogP contribution is 2.14. The van der Waals surface area contributed by atoms with Gasteiger partial charge in [0.15, 0.2) is 0 Å². The van der Waals surface area contributed by atoms with Gasteiger partial charge in [-0.15, -0.1) is 0 Å². The zero-order valence-electron chi connectivity index (χ0n) is 11.6. The number of carbonyl (C=O) groups excluding carboxylic acids is 3. The van der Waals surface area contributed by atoms with Gasteiger partial charge in [0.25, 0.3) is 0 Å². The Labute approximate surface area is 121 Å². The van der Waals surface area contributed by atoms with Crippen molar-refractivity contribution in [2.75, 3.05) is 32.1 Å². The molecule has 0 aliphatic carbocycles. The predicted molar refractivity (Wildman–Crippen MR) is 76.9 cm³/mol. The maximum Gasteiger partial charge on any atom is 0.248 e. The van der Waals surface area contributed by atoms with E-state index in [0.717, 1.165) is 0 Å². The van der Waals surface area contributed by atoms with Gasteiger partial charge in [0.1, 0.15) is 0 Å². The summed E-state index contributed by atoms with van der Waals surface area (Å²) in [5.41, 5.74) is 10.8. The molecule has 0 saturated heterocycles. The van der Waals surface area contributed by atoms with Gasteiger partial charge in [0, 0.05) is 30.5 Å². The van der Waals surface area contributed by atoms with E-state index in [2.05, 4.69) is 10.6 Å². The Morgan fingerprint density at radius 1 is 1.10 bits per heavy atom. The lowest BCUT2D eigenvalue weighted by atomic mass is 10.1. The summed E-state index contributed by atoms with van der Waals surface area (Å²) in [7, 11) is 1.56. The van der Waals surface area contributed by atoms with Gasteiger partial charge in [-0.25, -0.2) is 0 Å². The number of hydrogen-bond acceptors (Lipinski definition) is 5. The minimum absolute atomic E-state index is 0.0655. The first-order chi connectivity index (χ1) is 9.93. The van der Waals surface area contributed by atoms with Crippen molar-refractivity contribution in [3.05, 3.63) is 29.3 Å². The number of anilines is 1. The number of ether oxygens (including phenoxy) is 1. The summed E-state index contributed by atoms with van der Waals surface area (Å²) in [4.78, 5) is 34.1. The second-order valence-electron chi connectivity index (χ2n) is 4.25. The Morgan fingerprint density at radius 3 is 2.14 bits per heavy atom. The minimum Gasteiger partial charge on any atom is -0.383 e. The topological polar surface area (TPSA) is 137 Å². The Balaban J connectivity index is 2.75. The average molecular weight is 294 g/mol. The number of methoxy groups -OCH3 is 1. The summed E-state index contributed by atoms with van der Waals surface area (Å²) in [5.74, 6) is -1.76. The summed E-state index contributed by atoms with van der Waals surface area (Å²) < 4.78 is 4.83. The van der Waals surface area contributed by atoms with Gasteiger partial charge in [-0.3, -0.25) is 14.4 Å². The number of hydrogen-bond donors (Lipinski definition) is 4. The van der Waals surface area contributed by atoms with Crippen LogP contribution in [0.5, 0.6) is 0 Å². The number of nitrogens with two attached hydrogens (primary N) is 2. The van der Waals surface area contributed by atoms with E-state index in [1.165, 1.54) is 18.2 Å². The number of nitrogens with one attached hydrogen (secondary N) is 2. The smallest absolute Gasteiger partial charge is 0.248 e. The summed E-state index contributed by atoms with van der Waals surface area (Å²) in [6.45, 7) is 1.07. The second-order valence-corrected chi connectivity index (χ2v) is 4.25. The molecule has 114 valence electrons. The summed E-state index contributed by atoms with van der Waals surface area (Å²) in [6.07, 6.45) is 0. The van der Waals surface area contributed by atoms with Crippen LogP contribution in [-0.2, 0) is 9.53 Å². The van der Waals surface area contributed by atoms with Crippen LogP contribution in [0.3, 0.4) is 0 Å². The molecule has 1 aromatic carbocycles. The first-order valence-corrected chi connectivity index (χ1v) is 6.18. The molecule has 0 saturated carbocycles. The lowest BCUT2D eigenvalue weighted by molar-refractivity contribution is -0.115. The van der Waals surface area contributed by atoms with Crippen LogP contribution in [0.15, 0.2) is 18.2 Å². The van der Waals surface area contributed by atoms with Gasteiger partial charge in [0.2, 0.25) is 17.7 Å². The van der Waals surface area contributed by atoms with Crippen LogP contribution in [0.1, 0.15) is 20.7 Å². The molecule has 0 aromatic heterocycles. The minimum atomic E-state index is -0.716. The van der Waals surface area contributed by atoms with E-state index >= 15 is 0 Å². The van der Waals surface area contributed by atoms with Gasteiger partial charge in [-0.2, -0.15) is 0 Å². The summed E-state index contributed by atoms with van der Waals surface area (Å²) >= 11 is 0. The van der Waals surface area contributed by atoms with Crippen molar-refractivity contribution in [1.29, 1.82) is 0 Å². The monoisotopic (exact) mass is 294 g/mol. The zero-order valence-corrected chi connectivity index (χ0v) is 11.6. The van der Waals surface area contributed by atoms with Crippen molar-refractivity contribution in [3.8, 4) is 0 Å². The van der Waals surface area contributed by atoms with E-state index in [-0.39, 0.29) is 29.3 Å². The quantitative estimate of drug-likeness (QED) is 0.459. The first-order valence-electron chi connectivity index (χ1n) is 6.18. The van der Waals surface area contributed by atoms with Crippen LogP contribution in [0.4, 0.5) is 5.69 Å². The summed E-state index contributed by atoms with van der Waals surface area (Å²) in [6, 6.07) is 4.03. The molecule has 0 aliphatic rings. The molecule has 0 fully saturated rings. The van der Waals surface area contributed by atoms with Crippen LogP contribution in [0, 0.1) is 0 Å². The molecule has 8 nitrogen and oxygen atoms in total. The van der Waals surface area contributed by atoms with Gasteiger partial charge < -0.3 is 26.8 Å². The van der Waals surface area contributed by atoms with Crippen LogP contribution in [0.25, 0.3) is 0 Å². The Kier molecular flexibility index (Phi) is 6.31. The molecule has 3 amide bonds. The third-order valence-electron chi connectivity index (χ3n) is 2.55. The van der Waals surface area contributed by atoms with Crippen molar-refractivity contribution in [1.82, 2.24) is 5.32 Å². The third kappa shape index (κ3) is 5.59. The van der Waals surface area contributed by atoms with E-state index in [9.17, 15) is 14.4 Å². The van der Waals surface area contributed by atoms with Crippen LogP contribution in [-0.4, -0.2) is 44.5 Å². The fourth-order valence-corrected chi connectivity index (χ4v) is 1.57. The maximum absolute atomic E-state index is 11.7. The zero-order chi connectivity index (χ0) is 15.8. The van der Waals surface area contributed by atoms with Gasteiger partial charge in [0.05, 0.1) is 13.2 Å². The Bertz CT molecular complexity index is 513. The Hall–Kier alpha value is -2.45. The first kappa shape index (κ1) is 16.6. The predicted octanol–water partition coefficient (Wildman–Crippen LogP) is -0.941. The van der Waals surface area contributed by atoms with Crippen molar-refractivity contribution < 1.29 is 19.1 Å². The van der Waals surface area contributed by atoms with Crippen LogP contribution < -0.4 is 22.1 Å². The van der Waals surface area contributed by atoms with Crippen molar-refractivity contribution in [2.24, 2.45) is 11.5 Å². The van der Waals surface area contributed by atoms with Gasteiger partial charge >= 0.3 is 0 Å². The number of amides is 3. The highest BCUT2D eigenvalue weighted by Gasteiger charge is 2.10. The fourth-order valence-electron chi connectivity index (χ4n) is 1.57. The van der Waals surface area contributed by atoms with Gasteiger partial charge in [-0.1, -0.05) is 0 Å². The SMILES string of the molecule is COCCNCC(=O)Nc1cc(C(N)=O)cc(C(N)=O)c1. The molecule has 0 bridgehead atoms. The molecule has 8 heteroatoms. The molecule has 6 N–H and O–H groups in total. The molecule has 0 radical (unpaired) electrons. The molecule has 21 heavy (non-hydrogen) atoms. The molecule has 0 aliphatic heterocycles. The molecule has 0 heterocycles. The lowest BCUT2D eigenvalue weighted by Gasteiger charge is -2.09. The highest BCUT2D eigenvalue weighted by atomic mass is 16.5. The molecule has 1 aromatic rings. The number of benzene rings is 1. The van der Waals surface area contributed by atoms with E-state index in [1.807, 2.05) is 0 Å². The third-order valence-corrected chi connectivity index (χ3v) is 2.55. The fraction of sp³-hybridized carbons (Fsp3) is 0.308. The van der Waals surface area contributed by atoms with E-state index in [1.54, 1.807) is 7.11 Å². The number of carbonyl (C=O) groups is 3. The van der Waals surface area contributed by atoms with Crippen molar-refractivity contribution >= 4 is 23.4 Å². The lowest BCUT2D eigenvalue weighted by Crippen LogP contribution is -2.30. The summed E-state index contributed by atoms with van der Waals surface area (Å²) in [5, 5.41) is 5.41. The highest BCUT2D eigenvalue weighted by molar-refractivity contribution is 6.01. The van der Waals surface area contributed by atoms with Crippen molar-refractivity contribution in [2.45, 2.75) is 0 Å². The second kappa shape index (κ2) is 7.98.